The second-order valence-corrected chi connectivity index (χ2v) is 3.81. The Bertz CT molecular complexity index is 111. The van der Waals surface area contributed by atoms with Crippen molar-refractivity contribution in [3.8, 4) is 0 Å². The molecule has 1 aliphatic rings. The zero-order valence-electron chi connectivity index (χ0n) is 7.06. The van der Waals surface area contributed by atoms with Gasteiger partial charge in [-0.25, -0.2) is 0 Å². The van der Waals surface area contributed by atoms with E-state index in [4.69, 9.17) is 0 Å². The fraction of sp³-hybridized carbons (Fsp3) is 1.00. The summed E-state index contributed by atoms with van der Waals surface area (Å²) in [6.07, 6.45) is 5.84. The first kappa shape index (κ1) is 8.06. The first-order valence-electron chi connectivity index (χ1n) is 4.37. The summed E-state index contributed by atoms with van der Waals surface area (Å²) in [7, 11) is 0. The summed E-state index contributed by atoms with van der Waals surface area (Å²) in [4.78, 5) is 0. The highest BCUT2D eigenvalue weighted by Gasteiger charge is 2.36. The van der Waals surface area contributed by atoms with Crippen molar-refractivity contribution in [3.63, 3.8) is 0 Å². The third-order valence-electron chi connectivity index (χ3n) is 2.85. The van der Waals surface area contributed by atoms with Crippen LogP contribution in [0.1, 0.15) is 46.0 Å². The molecule has 0 amide bonds. The van der Waals surface area contributed by atoms with E-state index < -0.39 is 0 Å². The SMILES string of the molecule is CCCC1(C)CCCC1O. The molecule has 1 rings (SSSR count). The van der Waals surface area contributed by atoms with Crippen LogP contribution in [0.2, 0.25) is 0 Å². The molecule has 2 unspecified atom stereocenters. The topological polar surface area (TPSA) is 20.2 Å². The number of aliphatic hydroxyl groups is 1. The second-order valence-electron chi connectivity index (χ2n) is 3.81. The second kappa shape index (κ2) is 2.91. The van der Waals surface area contributed by atoms with E-state index in [0.29, 0.717) is 0 Å². The van der Waals surface area contributed by atoms with E-state index in [0.717, 1.165) is 6.42 Å². The maximum absolute atomic E-state index is 9.58. The van der Waals surface area contributed by atoms with Crippen LogP contribution >= 0.6 is 0 Å². The summed E-state index contributed by atoms with van der Waals surface area (Å²) in [5.74, 6) is 0. The summed E-state index contributed by atoms with van der Waals surface area (Å²) in [5, 5.41) is 9.58. The molecule has 1 aliphatic carbocycles. The number of rotatable bonds is 2. The molecule has 60 valence electrons. The van der Waals surface area contributed by atoms with E-state index in [1.54, 1.807) is 0 Å². The molecule has 0 aromatic carbocycles. The summed E-state index contributed by atoms with van der Waals surface area (Å²) in [6.45, 7) is 4.41. The fourth-order valence-electron chi connectivity index (χ4n) is 2.08. The monoisotopic (exact) mass is 142 g/mol. The number of hydrogen-bond acceptors (Lipinski definition) is 1. The molecule has 1 fully saturated rings. The van der Waals surface area contributed by atoms with Gasteiger partial charge in [-0.1, -0.05) is 26.7 Å². The van der Waals surface area contributed by atoms with Crippen molar-refractivity contribution in [2.24, 2.45) is 5.41 Å². The molecule has 1 nitrogen and oxygen atoms in total. The minimum Gasteiger partial charge on any atom is -0.393 e. The highest BCUT2D eigenvalue weighted by atomic mass is 16.3. The predicted molar refractivity (Wildman–Crippen MR) is 42.9 cm³/mol. The lowest BCUT2D eigenvalue weighted by molar-refractivity contribution is 0.0592. The van der Waals surface area contributed by atoms with Crippen LogP contribution in [0.25, 0.3) is 0 Å². The number of hydrogen-bond donors (Lipinski definition) is 1. The van der Waals surface area contributed by atoms with Crippen LogP contribution < -0.4 is 0 Å². The summed E-state index contributed by atoms with van der Waals surface area (Å²) in [5.41, 5.74) is 0.259. The Morgan fingerprint density at radius 3 is 2.70 bits per heavy atom. The number of aliphatic hydroxyl groups excluding tert-OH is 1. The van der Waals surface area contributed by atoms with Gasteiger partial charge in [0.05, 0.1) is 6.10 Å². The summed E-state index contributed by atoms with van der Waals surface area (Å²) >= 11 is 0. The lowest BCUT2D eigenvalue weighted by Crippen LogP contribution is -2.25. The maximum atomic E-state index is 9.58. The van der Waals surface area contributed by atoms with E-state index in [1.807, 2.05) is 0 Å². The van der Waals surface area contributed by atoms with Gasteiger partial charge < -0.3 is 5.11 Å². The molecule has 0 bridgehead atoms. The third kappa shape index (κ3) is 1.34. The van der Waals surface area contributed by atoms with Gasteiger partial charge in [0.15, 0.2) is 0 Å². The lowest BCUT2D eigenvalue weighted by Gasteiger charge is -2.27. The van der Waals surface area contributed by atoms with Crippen molar-refractivity contribution in [2.75, 3.05) is 0 Å². The first-order valence-corrected chi connectivity index (χ1v) is 4.37. The van der Waals surface area contributed by atoms with E-state index in [9.17, 15) is 5.11 Å². The molecule has 0 radical (unpaired) electrons. The van der Waals surface area contributed by atoms with Gasteiger partial charge in [-0.3, -0.25) is 0 Å². The van der Waals surface area contributed by atoms with E-state index in [-0.39, 0.29) is 11.5 Å². The molecule has 1 N–H and O–H groups in total. The van der Waals surface area contributed by atoms with E-state index in [1.165, 1.54) is 25.7 Å². The highest BCUT2D eigenvalue weighted by Crippen LogP contribution is 2.41. The van der Waals surface area contributed by atoms with Gasteiger partial charge in [0.25, 0.3) is 0 Å². The normalized spacial score (nSPS) is 40.5. The van der Waals surface area contributed by atoms with Crippen molar-refractivity contribution in [1.82, 2.24) is 0 Å². The minimum atomic E-state index is -0.0209. The lowest BCUT2D eigenvalue weighted by atomic mass is 9.82. The van der Waals surface area contributed by atoms with E-state index >= 15 is 0 Å². The van der Waals surface area contributed by atoms with Crippen LogP contribution in [0, 0.1) is 5.41 Å². The minimum absolute atomic E-state index is 0.0209. The van der Waals surface area contributed by atoms with Crippen LogP contribution in [0.3, 0.4) is 0 Å². The highest BCUT2D eigenvalue weighted by molar-refractivity contribution is 4.87. The predicted octanol–water partition coefficient (Wildman–Crippen LogP) is 2.34. The average Bonchev–Trinajstić information content (AvgIpc) is 2.15. The van der Waals surface area contributed by atoms with Gasteiger partial charge in [-0.15, -0.1) is 0 Å². The molecule has 2 atom stereocenters. The van der Waals surface area contributed by atoms with Gasteiger partial charge in [-0.2, -0.15) is 0 Å². The Morgan fingerprint density at radius 1 is 1.60 bits per heavy atom. The zero-order chi connectivity index (χ0) is 7.61. The Morgan fingerprint density at radius 2 is 2.30 bits per heavy atom. The van der Waals surface area contributed by atoms with Crippen molar-refractivity contribution >= 4 is 0 Å². The molecule has 0 aliphatic heterocycles. The molecule has 1 heteroatoms. The first-order chi connectivity index (χ1) is 4.69. The van der Waals surface area contributed by atoms with Gasteiger partial charge >= 0.3 is 0 Å². The summed E-state index contributed by atoms with van der Waals surface area (Å²) < 4.78 is 0. The third-order valence-corrected chi connectivity index (χ3v) is 2.85. The Hall–Kier alpha value is -0.0400. The van der Waals surface area contributed by atoms with Gasteiger partial charge in [0.2, 0.25) is 0 Å². The van der Waals surface area contributed by atoms with Gasteiger partial charge in [-0.05, 0) is 24.7 Å². The fourth-order valence-corrected chi connectivity index (χ4v) is 2.08. The molecule has 1 saturated carbocycles. The smallest absolute Gasteiger partial charge is 0.0593 e. The van der Waals surface area contributed by atoms with Gasteiger partial charge in [0.1, 0.15) is 0 Å². The standard InChI is InChI=1S/C9H18O/c1-3-6-9(2)7-4-5-8(9)10/h8,10H,3-7H2,1-2H3. The van der Waals surface area contributed by atoms with Crippen LogP contribution in [0.15, 0.2) is 0 Å². The largest absolute Gasteiger partial charge is 0.393 e. The molecule has 0 aromatic heterocycles. The van der Waals surface area contributed by atoms with Crippen molar-refractivity contribution in [1.29, 1.82) is 0 Å². The maximum Gasteiger partial charge on any atom is 0.0593 e. The molecule has 10 heavy (non-hydrogen) atoms. The van der Waals surface area contributed by atoms with Crippen molar-refractivity contribution < 1.29 is 5.11 Å². The van der Waals surface area contributed by atoms with Crippen LogP contribution in [-0.4, -0.2) is 11.2 Å². The van der Waals surface area contributed by atoms with Crippen LogP contribution in [-0.2, 0) is 0 Å². The molecule has 0 heterocycles. The summed E-state index contributed by atoms with van der Waals surface area (Å²) in [6, 6.07) is 0. The van der Waals surface area contributed by atoms with Crippen LogP contribution in [0.5, 0.6) is 0 Å². The van der Waals surface area contributed by atoms with Gasteiger partial charge in [0, 0.05) is 0 Å². The Balaban J connectivity index is 2.48. The van der Waals surface area contributed by atoms with E-state index in [2.05, 4.69) is 13.8 Å². The molecule has 0 aromatic rings. The molecular formula is C9H18O. The Kier molecular flexibility index (Phi) is 2.35. The van der Waals surface area contributed by atoms with Crippen molar-refractivity contribution in [2.45, 2.75) is 52.1 Å². The molecular weight excluding hydrogens is 124 g/mol. The zero-order valence-corrected chi connectivity index (χ0v) is 7.06. The average molecular weight is 142 g/mol. The Labute approximate surface area is 63.4 Å². The molecule has 0 saturated heterocycles. The van der Waals surface area contributed by atoms with Crippen LogP contribution in [0.4, 0.5) is 0 Å². The quantitative estimate of drug-likeness (QED) is 0.627. The van der Waals surface area contributed by atoms with Crippen molar-refractivity contribution in [3.05, 3.63) is 0 Å². The molecule has 0 spiro atoms.